The van der Waals surface area contributed by atoms with Crippen LogP contribution in [-0.4, -0.2) is 35.3 Å². The quantitative estimate of drug-likeness (QED) is 0.737. The maximum absolute atomic E-state index is 13.2. The number of unbranched alkanes of at least 4 members (excludes halogenated alkanes) is 1. The van der Waals surface area contributed by atoms with Crippen LogP contribution in [0.2, 0.25) is 0 Å². The molecule has 3 heterocycles. The van der Waals surface area contributed by atoms with Crippen LogP contribution >= 0.6 is 0 Å². The molecule has 2 aliphatic rings. The van der Waals surface area contributed by atoms with Crippen LogP contribution in [0.4, 0.5) is 0 Å². The highest BCUT2D eigenvalue weighted by molar-refractivity contribution is 6.07. The first kappa shape index (κ1) is 19.7. The van der Waals surface area contributed by atoms with E-state index in [1.807, 2.05) is 6.92 Å². The second-order valence-electron chi connectivity index (χ2n) is 8.36. The van der Waals surface area contributed by atoms with Crippen molar-refractivity contribution in [3.8, 4) is 5.75 Å². The van der Waals surface area contributed by atoms with Crippen molar-refractivity contribution in [3.63, 3.8) is 0 Å². The summed E-state index contributed by atoms with van der Waals surface area (Å²) in [6.45, 7) is 6.69. The Bertz CT molecular complexity index is 1040. The molecule has 0 N–H and O–H groups in total. The van der Waals surface area contributed by atoms with E-state index in [0.29, 0.717) is 49.2 Å². The Morgan fingerprint density at radius 3 is 2.59 bits per heavy atom. The van der Waals surface area contributed by atoms with Crippen molar-refractivity contribution >= 4 is 22.7 Å². The molecule has 0 aliphatic carbocycles. The standard InChI is InChI=1S/C23H27NO5/c1-4-5-6-16-12-19(27)28-18-11-14(2)20-17(26)13-23(29-22(20)21(16)18)7-9-24(10-8-23)15(3)25/h11-12H,4-10,13H2,1-3H3. The van der Waals surface area contributed by atoms with Gasteiger partial charge >= 0.3 is 5.63 Å². The first-order valence-corrected chi connectivity index (χ1v) is 10.4. The van der Waals surface area contributed by atoms with Crippen molar-refractivity contribution in [2.24, 2.45) is 0 Å². The zero-order chi connectivity index (χ0) is 20.8. The van der Waals surface area contributed by atoms with Crippen molar-refractivity contribution in [2.75, 3.05) is 13.1 Å². The molecule has 1 fully saturated rings. The van der Waals surface area contributed by atoms with Crippen LogP contribution in [0.15, 0.2) is 21.3 Å². The minimum Gasteiger partial charge on any atom is -0.485 e. The number of Topliss-reactive ketones (excluding diaryl/α,β-unsaturated/α-hetero) is 1. The highest BCUT2D eigenvalue weighted by atomic mass is 16.5. The van der Waals surface area contributed by atoms with Gasteiger partial charge in [0.25, 0.3) is 0 Å². The third kappa shape index (κ3) is 3.45. The molecule has 0 saturated carbocycles. The Balaban J connectivity index is 1.84. The first-order valence-electron chi connectivity index (χ1n) is 10.4. The summed E-state index contributed by atoms with van der Waals surface area (Å²) < 4.78 is 12.1. The fraction of sp³-hybridized carbons (Fsp3) is 0.522. The number of fused-ring (bicyclic) bond motifs is 3. The van der Waals surface area contributed by atoms with Gasteiger partial charge in [-0.2, -0.15) is 0 Å². The molecule has 1 aromatic heterocycles. The molecule has 1 aromatic carbocycles. The molecule has 1 saturated heterocycles. The van der Waals surface area contributed by atoms with E-state index in [1.165, 1.54) is 6.07 Å². The molecular formula is C23H27NO5. The number of hydrogen-bond acceptors (Lipinski definition) is 5. The normalized spacial score (nSPS) is 18.0. The SMILES string of the molecule is CCCCc1cc(=O)oc2cc(C)c3c(c12)OC1(CCN(C(C)=O)CC1)CC3=O. The molecular weight excluding hydrogens is 370 g/mol. The second kappa shape index (κ2) is 7.32. The predicted molar refractivity (Wildman–Crippen MR) is 110 cm³/mol. The average molecular weight is 397 g/mol. The zero-order valence-electron chi connectivity index (χ0n) is 17.3. The predicted octanol–water partition coefficient (Wildman–Crippen LogP) is 3.79. The minimum atomic E-state index is -0.602. The number of rotatable bonds is 3. The van der Waals surface area contributed by atoms with Crippen molar-refractivity contribution < 1.29 is 18.7 Å². The van der Waals surface area contributed by atoms with Gasteiger partial charge in [0.05, 0.1) is 17.4 Å². The Labute approximate surface area is 169 Å². The van der Waals surface area contributed by atoms with Crippen LogP contribution < -0.4 is 10.4 Å². The van der Waals surface area contributed by atoms with Crippen molar-refractivity contribution in [1.29, 1.82) is 0 Å². The molecule has 0 unspecified atom stereocenters. The fourth-order valence-electron chi connectivity index (χ4n) is 4.65. The van der Waals surface area contributed by atoms with Gasteiger partial charge in [0, 0.05) is 38.9 Å². The van der Waals surface area contributed by atoms with Gasteiger partial charge in [-0.3, -0.25) is 9.59 Å². The summed E-state index contributed by atoms with van der Waals surface area (Å²) in [5.41, 5.74) is 1.74. The van der Waals surface area contributed by atoms with Gasteiger partial charge in [0.15, 0.2) is 5.78 Å². The lowest BCUT2D eigenvalue weighted by atomic mass is 9.80. The van der Waals surface area contributed by atoms with Gasteiger partial charge in [-0.15, -0.1) is 0 Å². The second-order valence-corrected chi connectivity index (χ2v) is 8.36. The summed E-state index contributed by atoms with van der Waals surface area (Å²) in [5.74, 6) is 0.671. The van der Waals surface area contributed by atoms with E-state index in [9.17, 15) is 14.4 Å². The Kier molecular flexibility index (Phi) is 4.97. The number of carbonyl (C=O) groups is 2. The highest BCUT2D eigenvalue weighted by Gasteiger charge is 2.44. The fourth-order valence-corrected chi connectivity index (χ4v) is 4.65. The molecule has 0 atom stereocenters. The molecule has 1 spiro atoms. The smallest absolute Gasteiger partial charge is 0.336 e. The van der Waals surface area contributed by atoms with Gasteiger partial charge in [-0.25, -0.2) is 4.79 Å². The van der Waals surface area contributed by atoms with Crippen LogP contribution in [0.25, 0.3) is 11.0 Å². The number of carbonyl (C=O) groups excluding carboxylic acids is 2. The number of aryl methyl sites for hydroxylation is 2. The number of benzene rings is 1. The molecule has 1 amide bonds. The van der Waals surface area contributed by atoms with Gasteiger partial charge in [0.2, 0.25) is 5.91 Å². The molecule has 6 nitrogen and oxygen atoms in total. The Morgan fingerprint density at radius 1 is 1.21 bits per heavy atom. The van der Waals surface area contributed by atoms with E-state index < -0.39 is 5.60 Å². The topological polar surface area (TPSA) is 76.8 Å². The summed E-state index contributed by atoms with van der Waals surface area (Å²) in [7, 11) is 0. The third-order valence-corrected chi connectivity index (χ3v) is 6.27. The zero-order valence-corrected chi connectivity index (χ0v) is 17.3. The maximum atomic E-state index is 13.2. The molecule has 2 aromatic rings. The number of hydrogen-bond donors (Lipinski definition) is 0. The van der Waals surface area contributed by atoms with E-state index >= 15 is 0 Å². The molecule has 6 heteroatoms. The van der Waals surface area contributed by atoms with Crippen LogP contribution in [-0.2, 0) is 11.2 Å². The molecule has 2 aliphatic heterocycles. The number of nitrogens with zero attached hydrogens (tertiary/aromatic N) is 1. The summed E-state index contributed by atoms with van der Waals surface area (Å²) in [6.07, 6.45) is 4.23. The van der Waals surface area contributed by atoms with Gasteiger partial charge in [-0.1, -0.05) is 13.3 Å². The van der Waals surface area contributed by atoms with Gasteiger partial charge < -0.3 is 14.1 Å². The largest absolute Gasteiger partial charge is 0.485 e. The van der Waals surface area contributed by atoms with Crippen molar-refractivity contribution in [1.82, 2.24) is 4.90 Å². The summed E-state index contributed by atoms with van der Waals surface area (Å²) in [6, 6.07) is 3.31. The number of piperidine rings is 1. The molecule has 4 rings (SSSR count). The molecule has 0 radical (unpaired) electrons. The molecule has 29 heavy (non-hydrogen) atoms. The number of ether oxygens (including phenoxy) is 1. The van der Waals surface area contributed by atoms with E-state index in [2.05, 4.69) is 6.92 Å². The van der Waals surface area contributed by atoms with Crippen LogP contribution in [0.3, 0.4) is 0 Å². The van der Waals surface area contributed by atoms with E-state index in [1.54, 1.807) is 17.9 Å². The van der Waals surface area contributed by atoms with Crippen LogP contribution in [0.5, 0.6) is 5.75 Å². The van der Waals surface area contributed by atoms with Crippen molar-refractivity contribution in [3.05, 3.63) is 39.2 Å². The minimum absolute atomic E-state index is 0.0484. The lowest BCUT2D eigenvalue weighted by Crippen LogP contribution is -2.52. The van der Waals surface area contributed by atoms with Gasteiger partial charge in [0.1, 0.15) is 16.9 Å². The first-order chi connectivity index (χ1) is 13.8. The average Bonchev–Trinajstić information content (AvgIpc) is 2.65. The highest BCUT2D eigenvalue weighted by Crippen LogP contribution is 2.45. The van der Waals surface area contributed by atoms with Crippen LogP contribution in [0.1, 0.15) is 67.4 Å². The molecule has 154 valence electrons. The van der Waals surface area contributed by atoms with Crippen LogP contribution in [0, 0.1) is 6.92 Å². The summed E-state index contributed by atoms with van der Waals surface area (Å²) in [5, 5.41) is 0.750. The number of amides is 1. The van der Waals surface area contributed by atoms with E-state index in [0.717, 1.165) is 35.8 Å². The van der Waals surface area contributed by atoms with Crippen molar-refractivity contribution in [2.45, 2.75) is 64.9 Å². The third-order valence-electron chi connectivity index (χ3n) is 6.27. The Morgan fingerprint density at radius 2 is 1.93 bits per heavy atom. The van der Waals surface area contributed by atoms with Gasteiger partial charge in [-0.05, 0) is 37.0 Å². The summed E-state index contributed by atoms with van der Waals surface area (Å²) >= 11 is 0. The Hall–Kier alpha value is -2.63. The maximum Gasteiger partial charge on any atom is 0.336 e. The number of ketones is 1. The number of likely N-dealkylation sites (tertiary alicyclic amines) is 1. The van der Waals surface area contributed by atoms with E-state index in [-0.39, 0.29) is 17.3 Å². The lowest BCUT2D eigenvalue weighted by Gasteiger charge is -2.44. The lowest BCUT2D eigenvalue weighted by molar-refractivity contribution is -0.132. The summed E-state index contributed by atoms with van der Waals surface area (Å²) in [4.78, 5) is 38.8. The van der Waals surface area contributed by atoms with E-state index in [4.69, 9.17) is 9.15 Å². The monoisotopic (exact) mass is 397 g/mol. The molecule has 0 bridgehead atoms.